The number of rotatable bonds is 10. The molecule has 0 aromatic heterocycles. The van der Waals surface area contributed by atoms with E-state index in [0.29, 0.717) is 12.2 Å². The van der Waals surface area contributed by atoms with Gasteiger partial charge in [0.1, 0.15) is 5.75 Å². The number of methoxy groups -OCH3 is 1. The van der Waals surface area contributed by atoms with Gasteiger partial charge in [0.25, 0.3) is 0 Å². The van der Waals surface area contributed by atoms with Crippen molar-refractivity contribution < 1.29 is 43.6 Å². The van der Waals surface area contributed by atoms with Crippen molar-refractivity contribution in [2.24, 2.45) is 0 Å². The van der Waals surface area contributed by atoms with Gasteiger partial charge in [0.2, 0.25) is 5.75 Å². The molecule has 9 nitrogen and oxygen atoms in total. The van der Waals surface area contributed by atoms with Gasteiger partial charge in [-0.25, -0.2) is 9.59 Å². The van der Waals surface area contributed by atoms with Crippen LogP contribution in [-0.2, 0) is 4.74 Å². The summed E-state index contributed by atoms with van der Waals surface area (Å²) < 4.78 is 16.0. The molecule has 0 amide bonds. The van der Waals surface area contributed by atoms with E-state index < -0.39 is 57.4 Å². The predicted molar refractivity (Wildman–Crippen MR) is 148 cm³/mol. The molecule has 4 aromatic rings. The summed E-state index contributed by atoms with van der Waals surface area (Å²) in [4.78, 5) is 54.3. The molecule has 0 spiro atoms. The molecule has 0 aliphatic carbocycles. The first-order valence-electron chi connectivity index (χ1n) is 12.6. The number of benzene rings is 4. The van der Waals surface area contributed by atoms with Gasteiger partial charge in [0, 0.05) is 11.1 Å². The van der Waals surface area contributed by atoms with Crippen LogP contribution in [0.25, 0.3) is 0 Å². The van der Waals surface area contributed by atoms with Crippen molar-refractivity contribution in [3.8, 4) is 23.0 Å². The Hall–Kier alpha value is -5.44. The quantitative estimate of drug-likeness (QED) is 0.115. The van der Waals surface area contributed by atoms with Crippen LogP contribution in [0.4, 0.5) is 0 Å². The van der Waals surface area contributed by atoms with Crippen LogP contribution in [0.2, 0.25) is 0 Å². The lowest BCUT2D eigenvalue weighted by Gasteiger charge is -2.20. The number of ether oxygens (including phenoxy) is 3. The summed E-state index contributed by atoms with van der Waals surface area (Å²) in [5.41, 5.74) is -1.88. The first-order chi connectivity index (χ1) is 19.8. The lowest BCUT2D eigenvalue weighted by Crippen LogP contribution is -2.21. The van der Waals surface area contributed by atoms with Crippen molar-refractivity contribution in [1.82, 2.24) is 0 Å². The van der Waals surface area contributed by atoms with Gasteiger partial charge in [0.05, 0.1) is 36.0 Å². The number of hydrogen-bond donors (Lipinski definition) is 2. The molecule has 0 atom stereocenters. The number of ketones is 2. The standard InChI is InChI=1S/C32H26O9/c1-3-17-40-32(38)23-24(26(33)19-11-6-4-7-12-19)28(35)29(36)30(41-31(37)20-13-8-5-9-14-20)25(23)27(34)21-15-10-16-22(18-21)39-2/h4-16,18,35-36H,3,17H2,1-2H3. The molecule has 0 heterocycles. The summed E-state index contributed by atoms with van der Waals surface area (Å²) in [6.45, 7) is 1.67. The Balaban J connectivity index is 2.05. The first kappa shape index (κ1) is 28.6. The number of hydrogen-bond acceptors (Lipinski definition) is 9. The van der Waals surface area contributed by atoms with Crippen LogP contribution < -0.4 is 9.47 Å². The van der Waals surface area contributed by atoms with Gasteiger partial charge in [-0.15, -0.1) is 0 Å². The Kier molecular flexibility index (Phi) is 8.79. The third-order valence-corrected chi connectivity index (χ3v) is 6.07. The molecule has 208 valence electrons. The van der Waals surface area contributed by atoms with E-state index in [1.54, 1.807) is 49.4 Å². The van der Waals surface area contributed by atoms with E-state index in [2.05, 4.69) is 0 Å². The molecule has 2 N–H and O–H groups in total. The van der Waals surface area contributed by atoms with Crippen LogP contribution in [0, 0.1) is 0 Å². The smallest absolute Gasteiger partial charge is 0.343 e. The fourth-order valence-electron chi connectivity index (χ4n) is 4.08. The average Bonchev–Trinajstić information content (AvgIpc) is 3.02. The number of esters is 2. The monoisotopic (exact) mass is 554 g/mol. The minimum absolute atomic E-state index is 0.0194. The van der Waals surface area contributed by atoms with Crippen LogP contribution in [0.5, 0.6) is 23.0 Å². The first-order valence-corrected chi connectivity index (χ1v) is 12.6. The van der Waals surface area contributed by atoms with Crippen molar-refractivity contribution >= 4 is 23.5 Å². The molecule has 9 heteroatoms. The minimum Gasteiger partial charge on any atom is -0.504 e. The summed E-state index contributed by atoms with van der Waals surface area (Å²) in [6, 6.07) is 21.3. The molecular formula is C32H26O9. The average molecular weight is 555 g/mol. The molecule has 0 bridgehead atoms. The van der Waals surface area contributed by atoms with Crippen LogP contribution in [0.1, 0.15) is 65.9 Å². The SMILES string of the molecule is CCCOC(=O)c1c(C(=O)c2ccccc2)c(O)c(O)c(OC(=O)c2ccccc2)c1C(=O)c1cccc(OC)c1. The van der Waals surface area contributed by atoms with Gasteiger partial charge >= 0.3 is 11.9 Å². The largest absolute Gasteiger partial charge is 0.504 e. The van der Waals surface area contributed by atoms with E-state index in [-0.39, 0.29) is 23.3 Å². The molecular weight excluding hydrogens is 528 g/mol. The van der Waals surface area contributed by atoms with Crippen LogP contribution in [0.15, 0.2) is 84.9 Å². The zero-order chi connectivity index (χ0) is 29.5. The van der Waals surface area contributed by atoms with E-state index >= 15 is 0 Å². The molecule has 4 aromatic carbocycles. The fraction of sp³-hybridized carbons (Fsp3) is 0.125. The maximum Gasteiger partial charge on any atom is 0.343 e. The molecule has 0 aliphatic heterocycles. The van der Waals surface area contributed by atoms with Gasteiger partial charge in [-0.1, -0.05) is 67.6 Å². The number of carbonyl (C=O) groups is 4. The van der Waals surface area contributed by atoms with Crippen molar-refractivity contribution in [2.45, 2.75) is 13.3 Å². The normalized spacial score (nSPS) is 10.5. The highest BCUT2D eigenvalue weighted by molar-refractivity contribution is 6.24. The molecule has 0 fully saturated rings. The van der Waals surface area contributed by atoms with Gasteiger partial charge in [-0.2, -0.15) is 0 Å². The Bertz CT molecular complexity index is 1610. The second-order valence-electron chi connectivity index (χ2n) is 8.80. The second kappa shape index (κ2) is 12.6. The van der Waals surface area contributed by atoms with E-state index in [1.807, 2.05) is 0 Å². The number of carbonyl (C=O) groups excluding carboxylic acids is 4. The lowest BCUT2D eigenvalue weighted by molar-refractivity contribution is 0.0496. The zero-order valence-electron chi connectivity index (χ0n) is 22.2. The molecule has 0 aliphatic rings. The predicted octanol–water partition coefficient (Wildman–Crippen LogP) is 5.35. The lowest BCUT2D eigenvalue weighted by atomic mass is 9.88. The Morgan fingerprint density at radius 1 is 0.659 bits per heavy atom. The topological polar surface area (TPSA) is 136 Å². The Morgan fingerprint density at radius 3 is 1.85 bits per heavy atom. The third kappa shape index (κ3) is 5.94. The Morgan fingerprint density at radius 2 is 1.24 bits per heavy atom. The highest BCUT2D eigenvalue weighted by Crippen LogP contribution is 2.46. The van der Waals surface area contributed by atoms with Gasteiger partial charge < -0.3 is 24.4 Å². The van der Waals surface area contributed by atoms with Crippen LogP contribution in [0.3, 0.4) is 0 Å². The van der Waals surface area contributed by atoms with Crippen molar-refractivity contribution in [1.29, 1.82) is 0 Å². The Labute approximate surface area is 235 Å². The summed E-state index contributed by atoms with van der Waals surface area (Å²) in [5, 5.41) is 22.2. The summed E-state index contributed by atoms with van der Waals surface area (Å²) in [6.07, 6.45) is 0.410. The molecule has 0 saturated carbocycles. The highest BCUT2D eigenvalue weighted by Gasteiger charge is 2.37. The van der Waals surface area contributed by atoms with E-state index in [0.717, 1.165) is 0 Å². The zero-order valence-corrected chi connectivity index (χ0v) is 22.2. The molecule has 4 rings (SSSR count). The minimum atomic E-state index is -1.13. The number of phenolic OH excluding ortho intramolecular Hbond substituents is 2. The van der Waals surface area contributed by atoms with E-state index in [1.165, 1.54) is 49.6 Å². The maximum absolute atomic E-state index is 14.1. The summed E-state index contributed by atoms with van der Waals surface area (Å²) in [5.74, 6) is -6.54. The van der Waals surface area contributed by atoms with E-state index in [4.69, 9.17) is 14.2 Å². The van der Waals surface area contributed by atoms with Gasteiger partial charge in [-0.3, -0.25) is 9.59 Å². The number of phenols is 2. The fourth-order valence-corrected chi connectivity index (χ4v) is 4.08. The number of aromatic hydroxyl groups is 2. The highest BCUT2D eigenvalue weighted by atomic mass is 16.5. The molecule has 0 unspecified atom stereocenters. The molecule has 0 radical (unpaired) electrons. The maximum atomic E-state index is 14.1. The van der Waals surface area contributed by atoms with Crippen molar-refractivity contribution in [3.05, 3.63) is 118 Å². The van der Waals surface area contributed by atoms with Crippen molar-refractivity contribution in [2.75, 3.05) is 13.7 Å². The summed E-state index contributed by atoms with van der Waals surface area (Å²) in [7, 11) is 1.40. The summed E-state index contributed by atoms with van der Waals surface area (Å²) >= 11 is 0. The molecule has 41 heavy (non-hydrogen) atoms. The van der Waals surface area contributed by atoms with E-state index in [9.17, 15) is 29.4 Å². The van der Waals surface area contributed by atoms with Gasteiger partial charge in [0.15, 0.2) is 23.1 Å². The molecule has 0 saturated heterocycles. The second-order valence-corrected chi connectivity index (χ2v) is 8.80. The van der Waals surface area contributed by atoms with Gasteiger partial charge in [-0.05, 0) is 30.7 Å². The van der Waals surface area contributed by atoms with Crippen molar-refractivity contribution in [3.63, 3.8) is 0 Å². The van der Waals surface area contributed by atoms with Crippen LogP contribution >= 0.6 is 0 Å². The third-order valence-electron chi connectivity index (χ3n) is 6.07. The van der Waals surface area contributed by atoms with Crippen LogP contribution in [-0.4, -0.2) is 47.4 Å².